The Hall–Kier alpha value is -2.38. The van der Waals surface area contributed by atoms with Gasteiger partial charge in [-0.05, 0) is 25.8 Å². The average Bonchev–Trinajstić information content (AvgIpc) is 3.16. The number of benzene rings is 1. The molecule has 0 bridgehead atoms. The van der Waals surface area contributed by atoms with Gasteiger partial charge < -0.3 is 16.0 Å². The molecule has 1 unspecified atom stereocenters. The summed E-state index contributed by atoms with van der Waals surface area (Å²) < 4.78 is 0. The van der Waals surface area contributed by atoms with Crippen LogP contribution in [0.5, 0.6) is 0 Å². The highest BCUT2D eigenvalue weighted by atomic mass is 35.5. The van der Waals surface area contributed by atoms with Crippen LogP contribution in [0.25, 0.3) is 11.3 Å². The largest absolute Gasteiger partial charge is 0.355 e. The minimum absolute atomic E-state index is 0. The van der Waals surface area contributed by atoms with Gasteiger partial charge in [-0.2, -0.15) is 5.10 Å². The maximum atomic E-state index is 12.8. The van der Waals surface area contributed by atoms with Gasteiger partial charge in [0.1, 0.15) is 5.69 Å². The summed E-state index contributed by atoms with van der Waals surface area (Å²) in [6, 6.07) is 9.77. The van der Waals surface area contributed by atoms with Crippen LogP contribution in [0.1, 0.15) is 28.9 Å². The van der Waals surface area contributed by atoms with Crippen LogP contribution in [0, 0.1) is 12.8 Å². The fourth-order valence-corrected chi connectivity index (χ4v) is 3.19. The van der Waals surface area contributed by atoms with E-state index in [1.165, 1.54) is 5.56 Å². The van der Waals surface area contributed by atoms with Crippen molar-refractivity contribution in [3.8, 4) is 11.3 Å². The summed E-state index contributed by atoms with van der Waals surface area (Å²) in [6.45, 7) is 3.98. The number of carbonyl (C=O) groups is 2. The second-order valence-corrected chi connectivity index (χ2v) is 6.70. The summed E-state index contributed by atoms with van der Waals surface area (Å²) in [5.74, 6) is -0.330. The number of hydrogen-bond acceptors (Lipinski definition) is 4. The van der Waals surface area contributed by atoms with Crippen LogP contribution < -0.4 is 11.1 Å². The summed E-state index contributed by atoms with van der Waals surface area (Å²) in [7, 11) is 0. The Kier molecular flexibility index (Phi) is 7.38. The standard InChI is InChI=1S/C19H25N5O2.ClH/c1-13-4-6-14(7-5-13)16-11-17(23-22-16)19(26)24-10-2-3-15(12-24)18(25)21-9-8-20;/h4-7,11,15H,2-3,8-10,12,20H2,1H3,(H,21,25)(H,22,23);1H. The Morgan fingerprint density at radius 2 is 2.07 bits per heavy atom. The van der Waals surface area contributed by atoms with E-state index < -0.39 is 0 Å². The number of halogens is 1. The Bertz CT molecular complexity index is 775. The van der Waals surface area contributed by atoms with Crippen LogP contribution in [-0.4, -0.2) is 53.1 Å². The molecule has 0 saturated carbocycles. The lowest BCUT2D eigenvalue weighted by Crippen LogP contribution is -2.46. The van der Waals surface area contributed by atoms with Crippen LogP contribution in [-0.2, 0) is 4.79 Å². The molecule has 1 atom stereocenters. The third kappa shape index (κ3) is 5.08. The fraction of sp³-hybridized carbons (Fsp3) is 0.421. The lowest BCUT2D eigenvalue weighted by molar-refractivity contribution is -0.126. The summed E-state index contributed by atoms with van der Waals surface area (Å²) in [4.78, 5) is 26.7. The molecule has 1 fully saturated rings. The van der Waals surface area contributed by atoms with Crippen molar-refractivity contribution in [2.45, 2.75) is 19.8 Å². The topological polar surface area (TPSA) is 104 Å². The molecule has 7 nitrogen and oxygen atoms in total. The van der Waals surface area contributed by atoms with Gasteiger partial charge in [-0.1, -0.05) is 29.8 Å². The van der Waals surface area contributed by atoms with Gasteiger partial charge in [-0.15, -0.1) is 12.4 Å². The van der Waals surface area contributed by atoms with Crippen molar-refractivity contribution in [2.75, 3.05) is 26.2 Å². The predicted octanol–water partition coefficient (Wildman–Crippen LogP) is 1.73. The molecular weight excluding hydrogens is 366 g/mol. The van der Waals surface area contributed by atoms with Crippen molar-refractivity contribution in [3.05, 3.63) is 41.6 Å². The zero-order chi connectivity index (χ0) is 18.5. The van der Waals surface area contributed by atoms with Crippen LogP contribution in [0.4, 0.5) is 0 Å². The van der Waals surface area contributed by atoms with Crippen molar-refractivity contribution in [2.24, 2.45) is 11.7 Å². The van der Waals surface area contributed by atoms with E-state index in [1.54, 1.807) is 11.0 Å². The molecule has 1 aliphatic rings. The van der Waals surface area contributed by atoms with Crippen molar-refractivity contribution in [1.82, 2.24) is 20.4 Å². The molecule has 2 aromatic rings. The molecule has 27 heavy (non-hydrogen) atoms. The SMILES string of the molecule is Cc1ccc(-c2cc(C(=O)N3CCCC(C(=O)NCCN)C3)[nH]n2)cc1.Cl. The molecule has 1 aromatic heterocycles. The number of rotatable bonds is 5. The van der Waals surface area contributed by atoms with E-state index in [1.807, 2.05) is 31.2 Å². The zero-order valence-electron chi connectivity index (χ0n) is 15.4. The van der Waals surface area contributed by atoms with Gasteiger partial charge in [-0.25, -0.2) is 0 Å². The first kappa shape index (κ1) is 20.9. The smallest absolute Gasteiger partial charge is 0.271 e. The van der Waals surface area contributed by atoms with Gasteiger partial charge in [0.25, 0.3) is 5.91 Å². The van der Waals surface area contributed by atoms with Gasteiger partial charge in [0.05, 0.1) is 11.6 Å². The Morgan fingerprint density at radius 3 is 2.78 bits per heavy atom. The summed E-state index contributed by atoms with van der Waals surface area (Å²) in [5, 5.41) is 9.91. The van der Waals surface area contributed by atoms with Gasteiger partial charge in [0.2, 0.25) is 5.91 Å². The Labute approximate surface area is 165 Å². The summed E-state index contributed by atoms with van der Waals surface area (Å²) in [5.41, 5.74) is 8.75. The van der Waals surface area contributed by atoms with Gasteiger partial charge >= 0.3 is 0 Å². The highest BCUT2D eigenvalue weighted by molar-refractivity contribution is 5.94. The first-order chi connectivity index (χ1) is 12.6. The number of nitrogens with one attached hydrogen (secondary N) is 2. The number of amides is 2. The molecule has 1 aliphatic heterocycles. The molecule has 146 valence electrons. The Morgan fingerprint density at radius 1 is 1.33 bits per heavy atom. The van der Waals surface area contributed by atoms with Crippen LogP contribution in [0.15, 0.2) is 30.3 Å². The van der Waals surface area contributed by atoms with Gasteiger partial charge in [0.15, 0.2) is 0 Å². The van der Waals surface area contributed by atoms with Crippen molar-refractivity contribution in [3.63, 3.8) is 0 Å². The van der Waals surface area contributed by atoms with Crippen molar-refractivity contribution < 1.29 is 9.59 Å². The van der Waals surface area contributed by atoms with E-state index in [4.69, 9.17) is 5.73 Å². The zero-order valence-corrected chi connectivity index (χ0v) is 16.2. The third-order valence-corrected chi connectivity index (χ3v) is 4.68. The van der Waals surface area contributed by atoms with Gasteiger partial charge in [-0.3, -0.25) is 14.7 Å². The van der Waals surface area contributed by atoms with Gasteiger partial charge in [0, 0.05) is 31.7 Å². The minimum Gasteiger partial charge on any atom is -0.355 e. The first-order valence-corrected chi connectivity index (χ1v) is 8.98. The van der Waals surface area contributed by atoms with E-state index in [0.717, 1.165) is 24.1 Å². The molecule has 3 rings (SSSR count). The minimum atomic E-state index is -0.182. The monoisotopic (exact) mass is 391 g/mol. The lowest BCUT2D eigenvalue weighted by Gasteiger charge is -2.31. The van der Waals surface area contributed by atoms with E-state index in [9.17, 15) is 9.59 Å². The maximum absolute atomic E-state index is 12.8. The molecular formula is C19H26ClN5O2. The molecule has 0 spiro atoms. The highest BCUT2D eigenvalue weighted by Gasteiger charge is 2.29. The number of aromatic nitrogens is 2. The van der Waals surface area contributed by atoms with E-state index >= 15 is 0 Å². The number of aryl methyl sites for hydroxylation is 1. The number of carbonyl (C=O) groups excluding carboxylic acids is 2. The second-order valence-electron chi connectivity index (χ2n) is 6.70. The quantitative estimate of drug-likeness (QED) is 0.721. The fourth-order valence-electron chi connectivity index (χ4n) is 3.19. The number of likely N-dealkylation sites (tertiary alicyclic amines) is 1. The molecule has 8 heteroatoms. The number of nitrogens with zero attached hydrogens (tertiary/aromatic N) is 2. The molecule has 1 aromatic carbocycles. The molecule has 1 saturated heterocycles. The molecule has 2 heterocycles. The number of aromatic amines is 1. The maximum Gasteiger partial charge on any atom is 0.271 e. The molecule has 4 N–H and O–H groups in total. The summed E-state index contributed by atoms with van der Waals surface area (Å²) in [6.07, 6.45) is 1.60. The average molecular weight is 392 g/mol. The van der Waals surface area contributed by atoms with Crippen LogP contribution in [0.2, 0.25) is 0 Å². The lowest BCUT2D eigenvalue weighted by atomic mass is 9.97. The number of nitrogens with two attached hydrogens (primary N) is 1. The van der Waals surface area contributed by atoms with E-state index in [2.05, 4.69) is 15.5 Å². The molecule has 0 aliphatic carbocycles. The second kappa shape index (κ2) is 9.53. The predicted molar refractivity (Wildman–Crippen MR) is 107 cm³/mol. The third-order valence-electron chi connectivity index (χ3n) is 4.68. The first-order valence-electron chi connectivity index (χ1n) is 8.98. The van der Waals surface area contributed by atoms with Crippen LogP contribution >= 0.6 is 12.4 Å². The molecule has 0 radical (unpaired) electrons. The number of piperidine rings is 1. The van der Waals surface area contributed by atoms with E-state index in [-0.39, 0.29) is 30.1 Å². The normalized spacial score (nSPS) is 16.5. The Balaban J connectivity index is 0.00000261. The van der Waals surface area contributed by atoms with E-state index in [0.29, 0.717) is 31.9 Å². The van der Waals surface area contributed by atoms with Crippen molar-refractivity contribution >= 4 is 24.2 Å². The van der Waals surface area contributed by atoms with Crippen LogP contribution in [0.3, 0.4) is 0 Å². The highest BCUT2D eigenvalue weighted by Crippen LogP contribution is 2.21. The number of hydrogen-bond donors (Lipinski definition) is 3. The number of H-pyrrole nitrogens is 1. The molecule has 2 amide bonds. The summed E-state index contributed by atoms with van der Waals surface area (Å²) >= 11 is 0. The van der Waals surface area contributed by atoms with Crippen molar-refractivity contribution in [1.29, 1.82) is 0 Å².